The molecule has 3 heteroatoms. The number of rotatable bonds is 7. The fourth-order valence-electron chi connectivity index (χ4n) is 3.85. The van der Waals surface area contributed by atoms with E-state index in [0.29, 0.717) is 5.92 Å². The van der Waals surface area contributed by atoms with Crippen LogP contribution in [0.1, 0.15) is 59.4 Å². The molecule has 0 radical (unpaired) electrons. The van der Waals surface area contributed by atoms with Crippen LogP contribution in [0, 0.1) is 5.92 Å². The van der Waals surface area contributed by atoms with Gasteiger partial charge in [-0.15, -0.1) is 0 Å². The predicted molar refractivity (Wildman–Crippen MR) is 94.2 cm³/mol. The highest BCUT2D eigenvalue weighted by atomic mass is 16.6. The first-order chi connectivity index (χ1) is 10.8. The van der Waals surface area contributed by atoms with Crippen LogP contribution in [-0.4, -0.2) is 29.6 Å². The van der Waals surface area contributed by atoms with Gasteiger partial charge in [-0.05, 0) is 44.6 Å². The molecule has 1 heterocycles. The third-order valence-electron chi connectivity index (χ3n) is 5.18. The van der Waals surface area contributed by atoms with Crippen molar-refractivity contribution >= 4 is 5.97 Å². The Morgan fingerprint density at radius 3 is 2.22 bits per heavy atom. The first-order valence-electron chi connectivity index (χ1n) is 8.78. The van der Waals surface area contributed by atoms with Gasteiger partial charge in [0.05, 0.1) is 0 Å². The third kappa shape index (κ3) is 3.95. The van der Waals surface area contributed by atoms with E-state index in [1.54, 1.807) is 0 Å². The molecule has 0 amide bonds. The van der Waals surface area contributed by atoms with E-state index in [4.69, 9.17) is 4.74 Å². The second kappa shape index (κ2) is 7.04. The van der Waals surface area contributed by atoms with Crippen LogP contribution in [0.15, 0.2) is 30.3 Å². The van der Waals surface area contributed by atoms with Crippen LogP contribution in [0.3, 0.4) is 0 Å². The maximum Gasteiger partial charge on any atom is 0.303 e. The normalized spacial score (nSPS) is 18.3. The highest BCUT2D eigenvalue weighted by Gasteiger charge is 2.44. The van der Waals surface area contributed by atoms with Gasteiger partial charge in [0.25, 0.3) is 0 Å². The van der Waals surface area contributed by atoms with Gasteiger partial charge in [-0.3, -0.25) is 9.69 Å². The number of carbonyl (C=O) groups excluding carboxylic acids is 1. The second-order valence-corrected chi connectivity index (χ2v) is 7.64. The molecule has 0 aliphatic carbocycles. The highest BCUT2D eigenvalue weighted by molar-refractivity contribution is 5.66. The van der Waals surface area contributed by atoms with Crippen molar-refractivity contribution in [3.63, 3.8) is 0 Å². The molecular formula is C20H31NO2. The molecule has 0 saturated carbocycles. The summed E-state index contributed by atoms with van der Waals surface area (Å²) < 4.78 is 5.52. The van der Waals surface area contributed by atoms with E-state index in [0.717, 1.165) is 25.9 Å². The van der Waals surface area contributed by atoms with E-state index < -0.39 is 5.60 Å². The second-order valence-electron chi connectivity index (χ2n) is 7.64. The van der Waals surface area contributed by atoms with E-state index >= 15 is 0 Å². The van der Waals surface area contributed by atoms with Gasteiger partial charge in [0.1, 0.15) is 5.60 Å². The van der Waals surface area contributed by atoms with Gasteiger partial charge in [-0.25, -0.2) is 0 Å². The summed E-state index contributed by atoms with van der Waals surface area (Å²) in [5, 5.41) is 0. The average molecular weight is 317 g/mol. The molecule has 128 valence electrons. The highest BCUT2D eigenvalue weighted by Crippen LogP contribution is 2.44. The van der Waals surface area contributed by atoms with Crippen molar-refractivity contribution in [3.8, 4) is 0 Å². The molecule has 1 atom stereocenters. The fourth-order valence-corrected chi connectivity index (χ4v) is 3.85. The van der Waals surface area contributed by atoms with Gasteiger partial charge in [0.2, 0.25) is 0 Å². The average Bonchev–Trinajstić information content (AvgIpc) is 2.40. The predicted octanol–water partition coefficient (Wildman–Crippen LogP) is 4.37. The standard InChI is InChI=1S/C20H31NO2/c1-16(2)20(21-14-9-15-21,18-10-7-6-8-11-18)13-12-19(4,5)23-17(3)22/h6-8,10-11,16H,9,12-15H2,1-5H3. The molecule has 2 rings (SSSR count). The molecule has 0 spiro atoms. The van der Waals surface area contributed by atoms with Gasteiger partial charge < -0.3 is 4.74 Å². The van der Waals surface area contributed by atoms with Gasteiger partial charge in [-0.1, -0.05) is 44.2 Å². The van der Waals surface area contributed by atoms with E-state index in [2.05, 4.69) is 49.1 Å². The molecular weight excluding hydrogens is 286 g/mol. The van der Waals surface area contributed by atoms with Gasteiger partial charge in [-0.2, -0.15) is 0 Å². The Kier molecular flexibility index (Phi) is 5.51. The van der Waals surface area contributed by atoms with Crippen LogP contribution in [0.2, 0.25) is 0 Å². The molecule has 1 unspecified atom stereocenters. The Morgan fingerprint density at radius 1 is 1.17 bits per heavy atom. The van der Waals surface area contributed by atoms with Crippen molar-refractivity contribution in [2.75, 3.05) is 13.1 Å². The Balaban J connectivity index is 2.28. The number of esters is 1. The summed E-state index contributed by atoms with van der Waals surface area (Å²) in [5.41, 5.74) is 0.982. The topological polar surface area (TPSA) is 29.5 Å². The van der Waals surface area contributed by atoms with E-state index in [-0.39, 0.29) is 11.5 Å². The first-order valence-corrected chi connectivity index (χ1v) is 8.78. The Bertz CT molecular complexity index is 520. The minimum absolute atomic E-state index is 0.0247. The molecule has 1 aliphatic heterocycles. The lowest BCUT2D eigenvalue weighted by Crippen LogP contribution is -2.56. The minimum Gasteiger partial charge on any atom is -0.460 e. The molecule has 0 aromatic heterocycles. The maximum atomic E-state index is 11.4. The quantitative estimate of drug-likeness (QED) is 0.700. The number of likely N-dealkylation sites (tertiary alicyclic amines) is 1. The van der Waals surface area contributed by atoms with Crippen molar-refractivity contribution in [3.05, 3.63) is 35.9 Å². The fraction of sp³-hybridized carbons (Fsp3) is 0.650. The lowest BCUT2D eigenvalue weighted by molar-refractivity contribution is -0.155. The maximum absolute atomic E-state index is 11.4. The molecule has 0 N–H and O–H groups in total. The molecule has 1 aromatic rings. The molecule has 1 aromatic carbocycles. The number of ether oxygens (including phenoxy) is 1. The lowest BCUT2D eigenvalue weighted by Gasteiger charge is -2.53. The summed E-state index contributed by atoms with van der Waals surface area (Å²) in [7, 11) is 0. The summed E-state index contributed by atoms with van der Waals surface area (Å²) in [6.07, 6.45) is 3.12. The number of hydrogen-bond donors (Lipinski definition) is 0. The third-order valence-corrected chi connectivity index (χ3v) is 5.18. The van der Waals surface area contributed by atoms with Crippen LogP contribution < -0.4 is 0 Å². The zero-order valence-corrected chi connectivity index (χ0v) is 15.3. The summed E-state index contributed by atoms with van der Waals surface area (Å²) >= 11 is 0. The lowest BCUT2D eigenvalue weighted by atomic mass is 9.72. The van der Waals surface area contributed by atoms with Crippen molar-refractivity contribution in [2.45, 2.75) is 65.0 Å². The van der Waals surface area contributed by atoms with Gasteiger partial charge in [0.15, 0.2) is 0 Å². The molecule has 3 nitrogen and oxygen atoms in total. The summed E-state index contributed by atoms with van der Waals surface area (Å²) in [5.74, 6) is 0.298. The van der Waals surface area contributed by atoms with E-state index in [1.165, 1.54) is 18.9 Å². The molecule has 1 aliphatic rings. The first kappa shape index (κ1) is 18.0. The number of nitrogens with zero attached hydrogens (tertiary/aromatic N) is 1. The summed E-state index contributed by atoms with van der Waals surface area (Å²) in [6.45, 7) is 12.4. The SMILES string of the molecule is CC(=O)OC(C)(C)CCC(c1ccccc1)(C(C)C)N1CCC1. The van der Waals surface area contributed by atoms with Gasteiger partial charge in [0, 0.05) is 25.6 Å². The largest absolute Gasteiger partial charge is 0.460 e. The van der Waals surface area contributed by atoms with E-state index in [9.17, 15) is 4.79 Å². The Morgan fingerprint density at radius 2 is 1.78 bits per heavy atom. The van der Waals surface area contributed by atoms with Crippen LogP contribution in [-0.2, 0) is 15.1 Å². The monoisotopic (exact) mass is 317 g/mol. The molecule has 23 heavy (non-hydrogen) atoms. The molecule has 1 saturated heterocycles. The number of hydrogen-bond acceptors (Lipinski definition) is 3. The van der Waals surface area contributed by atoms with Crippen LogP contribution in [0.5, 0.6) is 0 Å². The Hall–Kier alpha value is -1.35. The smallest absolute Gasteiger partial charge is 0.303 e. The van der Waals surface area contributed by atoms with Gasteiger partial charge >= 0.3 is 5.97 Å². The minimum atomic E-state index is -0.425. The zero-order chi connectivity index (χ0) is 17.1. The van der Waals surface area contributed by atoms with Crippen LogP contribution >= 0.6 is 0 Å². The number of benzene rings is 1. The number of carbonyl (C=O) groups is 1. The van der Waals surface area contributed by atoms with Crippen LogP contribution in [0.4, 0.5) is 0 Å². The molecule has 1 fully saturated rings. The van der Waals surface area contributed by atoms with E-state index in [1.807, 2.05) is 13.8 Å². The summed E-state index contributed by atoms with van der Waals surface area (Å²) in [4.78, 5) is 14.0. The van der Waals surface area contributed by atoms with Crippen molar-refractivity contribution in [1.29, 1.82) is 0 Å². The van der Waals surface area contributed by atoms with Crippen molar-refractivity contribution in [1.82, 2.24) is 4.90 Å². The summed E-state index contributed by atoms with van der Waals surface area (Å²) in [6, 6.07) is 10.8. The van der Waals surface area contributed by atoms with Crippen molar-refractivity contribution < 1.29 is 9.53 Å². The van der Waals surface area contributed by atoms with Crippen LogP contribution in [0.25, 0.3) is 0 Å². The Labute approximate surface area is 141 Å². The molecule has 0 bridgehead atoms. The zero-order valence-electron chi connectivity index (χ0n) is 15.3. The van der Waals surface area contributed by atoms with Crippen molar-refractivity contribution in [2.24, 2.45) is 5.92 Å².